The molecular formula is C12H15F4N. The molecular weight excluding hydrogens is 234 g/mol. The predicted molar refractivity (Wildman–Crippen MR) is 57.9 cm³/mol. The summed E-state index contributed by atoms with van der Waals surface area (Å²) in [7, 11) is 0. The van der Waals surface area contributed by atoms with E-state index in [-0.39, 0.29) is 12.0 Å². The van der Waals surface area contributed by atoms with Crippen LogP contribution < -0.4 is 5.73 Å². The van der Waals surface area contributed by atoms with Crippen molar-refractivity contribution in [1.29, 1.82) is 0 Å². The Kier molecular flexibility index (Phi) is 4.14. The van der Waals surface area contributed by atoms with Gasteiger partial charge in [-0.05, 0) is 30.0 Å². The fraction of sp³-hybridized carbons (Fsp3) is 0.500. The summed E-state index contributed by atoms with van der Waals surface area (Å²) in [5.74, 6) is -1.09. The molecule has 0 bridgehead atoms. The summed E-state index contributed by atoms with van der Waals surface area (Å²) in [6, 6.07) is 2.77. The largest absolute Gasteiger partial charge is 0.419 e. The molecule has 0 aromatic heterocycles. The first-order valence-corrected chi connectivity index (χ1v) is 5.33. The molecule has 0 aliphatic rings. The molecule has 17 heavy (non-hydrogen) atoms. The van der Waals surface area contributed by atoms with E-state index in [0.717, 1.165) is 12.1 Å². The van der Waals surface area contributed by atoms with Gasteiger partial charge in [-0.1, -0.05) is 19.9 Å². The van der Waals surface area contributed by atoms with Gasteiger partial charge in [-0.15, -0.1) is 0 Å². The summed E-state index contributed by atoms with van der Waals surface area (Å²) in [5, 5.41) is 0. The van der Waals surface area contributed by atoms with Crippen LogP contribution in [0.5, 0.6) is 0 Å². The minimum Gasteiger partial charge on any atom is -0.327 e. The smallest absolute Gasteiger partial charge is 0.327 e. The highest BCUT2D eigenvalue weighted by Gasteiger charge is 2.34. The SMILES string of the molecule is CC(C)C(N)Cc1ccc(F)c(C(F)(F)F)c1. The summed E-state index contributed by atoms with van der Waals surface area (Å²) >= 11 is 0. The van der Waals surface area contributed by atoms with Gasteiger partial charge in [0.2, 0.25) is 0 Å². The van der Waals surface area contributed by atoms with Gasteiger partial charge < -0.3 is 5.73 Å². The van der Waals surface area contributed by atoms with Gasteiger partial charge in [-0.2, -0.15) is 13.2 Å². The Labute approximate surface area is 97.6 Å². The van der Waals surface area contributed by atoms with Crippen molar-refractivity contribution in [1.82, 2.24) is 0 Å². The molecule has 0 amide bonds. The molecule has 0 saturated carbocycles. The zero-order valence-corrected chi connectivity index (χ0v) is 9.68. The lowest BCUT2D eigenvalue weighted by Crippen LogP contribution is -2.28. The highest BCUT2D eigenvalue weighted by atomic mass is 19.4. The van der Waals surface area contributed by atoms with Crippen molar-refractivity contribution < 1.29 is 17.6 Å². The Balaban J connectivity index is 2.97. The minimum atomic E-state index is -4.66. The third-order valence-corrected chi connectivity index (χ3v) is 2.66. The second kappa shape index (κ2) is 5.04. The first-order valence-electron chi connectivity index (χ1n) is 5.33. The van der Waals surface area contributed by atoms with Crippen LogP contribution in [0.3, 0.4) is 0 Å². The fourth-order valence-electron chi connectivity index (χ4n) is 1.42. The summed E-state index contributed by atoms with van der Waals surface area (Å²) in [6.07, 6.45) is -4.36. The number of halogens is 4. The van der Waals surface area contributed by atoms with Crippen LogP contribution in [-0.4, -0.2) is 6.04 Å². The van der Waals surface area contributed by atoms with Crippen molar-refractivity contribution in [2.45, 2.75) is 32.5 Å². The number of hydrogen-bond acceptors (Lipinski definition) is 1. The van der Waals surface area contributed by atoms with Crippen molar-refractivity contribution in [3.05, 3.63) is 35.1 Å². The molecule has 96 valence electrons. The van der Waals surface area contributed by atoms with E-state index in [4.69, 9.17) is 5.73 Å². The molecule has 0 radical (unpaired) electrons. The van der Waals surface area contributed by atoms with Crippen LogP contribution in [0.1, 0.15) is 25.0 Å². The molecule has 0 fully saturated rings. The lowest BCUT2D eigenvalue weighted by molar-refractivity contribution is -0.140. The highest BCUT2D eigenvalue weighted by molar-refractivity contribution is 5.28. The molecule has 1 atom stereocenters. The zero-order valence-electron chi connectivity index (χ0n) is 9.68. The molecule has 1 aromatic carbocycles. The normalized spacial score (nSPS) is 14.1. The Morgan fingerprint density at radius 2 is 1.82 bits per heavy atom. The average molecular weight is 249 g/mol. The van der Waals surface area contributed by atoms with Gasteiger partial charge in [-0.25, -0.2) is 4.39 Å². The van der Waals surface area contributed by atoms with Crippen LogP contribution >= 0.6 is 0 Å². The molecule has 1 unspecified atom stereocenters. The molecule has 2 N–H and O–H groups in total. The Morgan fingerprint density at radius 1 is 1.24 bits per heavy atom. The summed E-state index contributed by atoms with van der Waals surface area (Å²) in [5.41, 5.74) is 4.94. The van der Waals surface area contributed by atoms with E-state index in [9.17, 15) is 17.6 Å². The zero-order chi connectivity index (χ0) is 13.2. The third-order valence-electron chi connectivity index (χ3n) is 2.66. The van der Waals surface area contributed by atoms with E-state index >= 15 is 0 Å². The van der Waals surface area contributed by atoms with Crippen LogP contribution in [0.2, 0.25) is 0 Å². The quantitative estimate of drug-likeness (QED) is 0.816. The van der Waals surface area contributed by atoms with Gasteiger partial charge in [0.25, 0.3) is 0 Å². The van der Waals surface area contributed by atoms with Crippen molar-refractivity contribution >= 4 is 0 Å². The second-order valence-corrected chi connectivity index (χ2v) is 4.42. The Morgan fingerprint density at radius 3 is 2.29 bits per heavy atom. The topological polar surface area (TPSA) is 26.0 Å². The number of nitrogens with two attached hydrogens (primary N) is 1. The molecule has 0 aliphatic carbocycles. The number of benzene rings is 1. The van der Waals surface area contributed by atoms with Gasteiger partial charge >= 0.3 is 6.18 Å². The Hall–Kier alpha value is -1.10. The van der Waals surface area contributed by atoms with Crippen LogP contribution in [0.15, 0.2) is 18.2 Å². The monoisotopic (exact) mass is 249 g/mol. The number of rotatable bonds is 3. The predicted octanol–water partition coefficient (Wildman–Crippen LogP) is 3.37. The molecule has 0 saturated heterocycles. The lowest BCUT2D eigenvalue weighted by atomic mass is 9.96. The molecule has 1 aromatic rings. The summed E-state index contributed by atoms with van der Waals surface area (Å²) in [6.45, 7) is 3.78. The van der Waals surface area contributed by atoms with Crippen LogP contribution in [-0.2, 0) is 12.6 Å². The van der Waals surface area contributed by atoms with Gasteiger partial charge in [0.15, 0.2) is 0 Å². The number of hydrogen-bond donors (Lipinski definition) is 1. The number of alkyl halides is 3. The average Bonchev–Trinajstić information content (AvgIpc) is 2.19. The van der Waals surface area contributed by atoms with Crippen molar-refractivity contribution in [2.75, 3.05) is 0 Å². The Bertz CT molecular complexity index is 385. The van der Waals surface area contributed by atoms with Crippen molar-refractivity contribution in [2.24, 2.45) is 11.7 Å². The van der Waals surface area contributed by atoms with Crippen molar-refractivity contribution in [3.63, 3.8) is 0 Å². The lowest BCUT2D eigenvalue weighted by Gasteiger charge is -2.16. The van der Waals surface area contributed by atoms with Gasteiger partial charge in [0, 0.05) is 6.04 Å². The van der Waals surface area contributed by atoms with Crippen LogP contribution in [0, 0.1) is 11.7 Å². The minimum absolute atomic E-state index is 0.161. The maximum Gasteiger partial charge on any atom is 0.419 e. The maximum atomic E-state index is 13.0. The van der Waals surface area contributed by atoms with E-state index < -0.39 is 17.6 Å². The van der Waals surface area contributed by atoms with E-state index in [2.05, 4.69) is 0 Å². The van der Waals surface area contributed by atoms with Gasteiger partial charge in [-0.3, -0.25) is 0 Å². The second-order valence-electron chi connectivity index (χ2n) is 4.42. The fourth-order valence-corrected chi connectivity index (χ4v) is 1.42. The highest BCUT2D eigenvalue weighted by Crippen LogP contribution is 2.32. The molecule has 1 nitrogen and oxygen atoms in total. The van der Waals surface area contributed by atoms with Gasteiger partial charge in [0.1, 0.15) is 5.82 Å². The molecule has 0 aliphatic heterocycles. The molecule has 5 heteroatoms. The van der Waals surface area contributed by atoms with E-state index in [1.54, 1.807) is 0 Å². The maximum absolute atomic E-state index is 13.0. The van der Waals surface area contributed by atoms with E-state index in [1.165, 1.54) is 6.07 Å². The standard InChI is InChI=1S/C12H15F4N/c1-7(2)11(17)6-8-3-4-10(13)9(5-8)12(14,15)16/h3-5,7,11H,6,17H2,1-2H3. The molecule has 1 rings (SSSR count). The first kappa shape index (κ1) is 14.0. The van der Waals surface area contributed by atoms with Gasteiger partial charge in [0.05, 0.1) is 5.56 Å². The molecule has 0 spiro atoms. The van der Waals surface area contributed by atoms with E-state index in [0.29, 0.717) is 12.0 Å². The third kappa shape index (κ3) is 3.70. The van der Waals surface area contributed by atoms with Crippen molar-refractivity contribution in [3.8, 4) is 0 Å². The van der Waals surface area contributed by atoms with E-state index in [1.807, 2.05) is 13.8 Å². The molecule has 0 heterocycles. The first-order chi connectivity index (χ1) is 7.71. The van der Waals surface area contributed by atoms with Crippen LogP contribution in [0.4, 0.5) is 17.6 Å². The summed E-state index contributed by atoms with van der Waals surface area (Å²) < 4.78 is 50.4. The summed E-state index contributed by atoms with van der Waals surface area (Å²) in [4.78, 5) is 0. The van der Waals surface area contributed by atoms with Crippen LogP contribution in [0.25, 0.3) is 0 Å².